The topological polar surface area (TPSA) is 115 Å². The summed E-state index contributed by atoms with van der Waals surface area (Å²) in [5.74, 6) is 0.898. The zero-order valence-electron chi connectivity index (χ0n) is 14.1. The molecule has 8 nitrogen and oxygen atoms in total. The molecule has 1 aromatic carbocycles. The molecule has 1 unspecified atom stereocenters. The van der Waals surface area contributed by atoms with E-state index in [9.17, 15) is 5.26 Å². The highest BCUT2D eigenvalue weighted by atomic mass is 16.5. The summed E-state index contributed by atoms with van der Waals surface area (Å²) in [6, 6.07) is 7.61. The van der Waals surface area contributed by atoms with Crippen molar-refractivity contribution in [3.8, 4) is 23.4 Å². The van der Waals surface area contributed by atoms with E-state index >= 15 is 0 Å². The van der Waals surface area contributed by atoms with E-state index < -0.39 is 5.92 Å². The maximum Gasteiger partial charge on any atom is 0.244 e. The number of benzene rings is 1. The van der Waals surface area contributed by atoms with E-state index in [0.717, 1.165) is 5.56 Å². The van der Waals surface area contributed by atoms with Gasteiger partial charge in [-0.1, -0.05) is 12.1 Å². The lowest BCUT2D eigenvalue weighted by molar-refractivity contribution is 0.180. The maximum absolute atomic E-state index is 9.67. The van der Waals surface area contributed by atoms with Crippen LogP contribution in [-0.4, -0.2) is 31.5 Å². The predicted octanol–water partition coefficient (Wildman–Crippen LogP) is 1.79. The van der Waals surface area contributed by atoms with Crippen molar-refractivity contribution in [3.05, 3.63) is 46.5 Å². The van der Waals surface area contributed by atoms with Crippen LogP contribution in [0.5, 0.6) is 17.4 Å². The van der Waals surface area contributed by atoms with E-state index in [1.807, 2.05) is 12.1 Å². The molecule has 1 atom stereocenters. The molecule has 3 rings (SSSR count). The van der Waals surface area contributed by atoms with Crippen LogP contribution in [0.25, 0.3) is 0 Å². The van der Waals surface area contributed by atoms with E-state index in [-0.39, 0.29) is 18.1 Å². The van der Waals surface area contributed by atoms with Gasteiger partial charge in [0.15, 0.2) is 11.5 Å². The molecule has 0 amide bonds. The summed E-state index contributed by atoms with van der Waals surface area (Å²) in [5.41, 5.74) is 8.35. The Morgan fingerprint density at radius 2 is 2.12 bits per heavy atom. The van der Waals surface area contributed by atoms with E-state index in [1.165, 1.54) is 0 Å². The number of para-hydroxylation sites is 1. The van der Waals surface area contributed by atoms with Gasteiger partial charge in [0.1, 0.15) is 11.6 Å². The van der Waals surface area contributed by atoms with Crippen molar-refractivity contribution >= 4 is 0 Å². The highest BCUT2D eigenvalue weighted by Gasteiger charge is 2.37. The summed E-state index contributed by atoms with van der Waals surface area (Å²) in [6.07, 6.45) is 0. The van der Waals surface area contributed by atoms with Crippen molar-refractivity contribution in [1.29, 1.82) is 5.26 Å². The number of nitrogens with zero attached hydrogens (tertiary/aromatic N) is 2. The number of aromatic nitrogens is 2. The van der Waals surface area contributed by atoms with Gasteiger partial charge in [-0.25, -0.2) is 0 Å². The molecule has 2 heterocycles. The minimum absolute atomic E-state index is 0.0142. The summed E-state index contributed by atoms with van der Waals surface area (Å²) < 4.78 is 21.6. The van der Waals surface area contributed by atoms with Crippen molar-refractivity contribution in [2.24, 2.45) is 5.73 Å². The lowest BCUT2D eigenvalue weighted by atomic mass is 9.83. The molecule has 130 valence electrons. The molecule has 0 spiro atoms. The molecule has 3 N–H and O–H groups in total. The summed E-state index contributed by atoms with van der Waals surface area (Å²) in [4.78, 5) is 0. The van der Waals surface area contributed by atoms with Gasteiger partial charge in [-0.2, -0.15) is 5.26 Å². The maximum atomic E-state index is 9.67. The van der Waals surface area contributed by atoms with Crippen LogP contribution in [-0.2, 0) is 11.3 Å². The molecule has 1 aromatic heterocycles. The first kappa shape index (κ1) is 16.7. The monoisotopic (exact) mass is 342 g/mol. The fourth-order valence-electron chi connectivity index (χ4n) is 3.01. The number of hydrogen-bond donors (Lipinski definition) is 2. The van der Waals surface area contributed by atoms with Gasteiger partial charge in [0.25, 0.3) is 0 Å². The zero-order chi connectivity index (χ0) is 18.0. The zero-order valence-corrected chi connectivity index (χ0v) is 14.1. The van der Waals surface area contributed by atoms with Gasteiger partial charge in [0, 0.05) is 12.7 Å². The summed E-state index contributed by atoms with van der Waals surface area (Å²) in [6.45, 7) is 0.285. The normalized spacial score (nSPS) is 16.0. The summed E-state index contributed by atoms with van der Waals surface area (Å²) in [5, 5.41) is 16.7. The number of nitrogens with one attached hydrogen (secondary N) is 1. The second-order valence-corrected chi connectivity index (χ2v) is 5.36. The molecule has 0 aliphatic carbocycles. The Kier molecular flexibility index (Phi) is 4.50. The molecule has 0 saturated carbocycles. The highest BCUT2D eigenvalue weighted by molar-refractivity contribution is 5.60. The number of rotatable bonds is 5. The predicted molar refractivity (Wildman–Crippen MR) is 88.1 cm³/mol. The van der Waals surface area contributed by atoms with Crippen LogP contribution in [0.4, 0.5) is 0 Å². The van der Waals surface area contributed by atoms with Crippen LogP contribution in [0, 0.1) is 11.3 Å². The van der Waals surface area contributed by atoms with Gasteiger partial charge < -0.3 is 24.7 Å². The number of allylic oxidation sites excluding steroid dienone is 1. The molecule has 1 aliphatic rings. The minimum atomic E-state index is -0.511. The number of methoxy groups -OCH3 is 3. The minimum Gasteiger partial charge on any atom is -0.493 e. The van der Waals surface area contributed by atoms with Gasteiger partial charge in [-0.05, 0) is 6.07 Å². The third-order valence-electron chi connectivity index (χ3n) is 4.05. The van der Waals surface area contributed by atoms with Crippen molar-refractivity contribution in [3.63, 3.8) is 0 Å². The Morgan fingerprint density at radius 1 is 1.32 bits per heavy atom. The Bertz CT molecular complexity index is 866. The van der Waals surface area contributed by atoms with Gasteiger partial charge >= 0.3 is 0 Å². The van der Waals surface area contributed by atoms with E-state index in [2.05, 4.69) is 16.3 Å². The lowest BCUT2D eigenvalue weighted by Gasteiger charge is -2.25. The number of fused-ring (bicyclic) bond motifs is 1. The second kappa shape index (κ2) is 6.75. The molecule has 2 aromatic rings. The highest BCUT2D eigenvalue weighted by Crippen LogP contribution is 2.47. The smallest absolute Gasteiger partial charge is 0.244 e. The second-order valence-electron chi connectivity index (χ2n) is 5.36. The molecule has 0 radical (unpaired) electrons. The van der Waals surface area contributed by atoms with E-state index in [4.69, 9.17) is 24.7 Å². The van der Waals surface area contributed by atoms with Crippen molar-refractivity contribution in [1.82, 2.24) is 10.2 Å². The number of ether oxygens (including phenoxy) is 4. The van der Waals surface area contributed by atoms with Crippen LogP contribution in [0.2, 0.25) is 0 Å². The Balaban J connectivity index is 2.27. The molecule has 0 fully saturated rings. The molecule has 0 saturated heterocycles. The Hall–Kier alpha value is -3.18. The SMILES string of the molecule is COCc1[nH]nc2c1C(c1cccc(OC)c1OC)C(C#N)=C(N)O2. The number of H-pyrrole nitrogens is 1. The quantitative estimate of drug-likeness (QED) is 0.851. The van der Waals surface area contributed by atoms with Crippen molar-refractivity contribution in [2.75, 3.05) is 21.3 Å². The van der Waals surface area contributed by atoms with E-state index in [0.29, 0.717) is 28.6 Å². The number of hydrogen-bond acceptors (Lipinski definition) is 7. The first-order valence-electron chi connectivity index (χ1n) is 7.50. The van der Waals surface area contributed by atoms with Gasteiger partial charge in [-0.15, -0.1) is 5.10 Å². The molecular formula is C17H18N4O4. The Labute approximate surface area is 144 Å². The van der Waals surface area contributed by atoms with Crippen LogP contribution in [0.1, 0.15) is 22.7 Å². The van der Waals surface area contributed by atoms with Crippen molar-refractivity contribution < 1.29 is 18.9 Å². The van der Waals surface area contributed by atoms with Crippen LogP contribution >= 0.6 is 0 Å². The molecule has 0 bridgehead atoms. The fourth-order valence-corrected chi connectivity index (χ4v) is 3.01. The number of nitriles is 1. The molecule has 1 aliphatic heterocycles. The van der Waals surface area contributed by atoms with Crippen LogP contribution < -0.4 is 19.9 Å². The lowest BCUT2D eigenvalue weighted by Crippen LogP contribution is -2.21. The largest absolute Gasteiger partial charge is 0.493 e. The summed E-state index contributed by atoms with van der Waals surface area (Å²) in [7, 11) is 4.68. The molecule has 25 heavy (non-hydrogen) atoms. The van der Waals surface area contributed by atoms with Gasteiger partial charge in [-0.3, -0.25) is 5.10 Å². The first-order valence-corrected chi connectivity index (χ1v) is 7.50. The summed E-state index contributed by atoms with van der Waals surface area (Å²) >= 11 is 0. The first-order chi connectivity index (χ1) is 12.2. The number of aromatic amines is 1. The standard InChI is InChI=1S/C17H18N4O4/c1-22-8-11-14-13(9-5-4-6-12(23-2)15(9)24-3)10(7-18)16(19)25-17(14)21-20-11/h4-6,13H,8,19H2,1-3H3,(H,20,21). The van der Waals surface area contributed by atoms with Crippen LogP contribution in [0.15, 0.2) is 29.7 Å². The average molecular weight is 342 g/mol. The van der Waals surface area contributed by atoms with Gasteiger partial charge in [0.05, 0.1) is 38.0 Å². The van der Waals surface area contributed by atoms with E-state index in [1.54, 1.807) is 27.4 Å². The Morgan fingerprint density at radius 3 is 2.76 bits per heavy atom. The third-order valence-corrected chi connectivity index (χ3v) is 4.05. The number of nitrogens with two attached hydrogens (primary N) is 1. The molecule has 8 heteroatoms. The molecular weight excluding hydrogens is 324 g/mol. The van der Waals surface area contributed by atoms with Crippen LogP contribution in [0.3, 0.4) is 0 Å². The average Bonchev–Trinajstić information content (AvgIpc) is 3.02. The van der Waals surface area contributed by atoms with Gasteiger partial charge in [0.2, 0.25) is 11.8 Å². The third kappa shape index (κ3) is 2.64. The van der Waals surface area contributed by atoms with Crippen molar-refractivity contribution in [2.45, 2.75) is 12.5 Å². The fraction of sp³-hybridized carbons (Fsp3) is 0.294.